The van der Waals surface area contributed by atoms with Crippen LogP contribution in [0.25, 0.3) is 0 Å². The summed E-state index contributed by atoms with van der Waals surface area (Å²) in [5.74, 6) is -0.455. The molecule has 2 rings (SSSR count). The molecule has 2 aromatic carbocycles. The van der Waals surface area contributed by atoms with Crippen LogP contribution in [0.5, 0.6) is 0 Å². The molecule has 0 nitrogen and oxygen atoms in total. The van der Waals surface area contributed by atoms with E-state index >= 15 is 0 Å². The number of benzene rings is 2. The van der Waals surface area contributed by atoms with Gasteiger partial charge in [0.1, 0.15) is 5.82 Å². The Hall–Kier alpha value is -0.570. The highest BCUT2D eigenvalue weighted by Gasteiger charge is 2.19. The van der Waals surface area contributed by atoms with Crippen molar-refractivity contribution in [1.82, 2.24) is 0 Å². The Bertz CT molecular complexity index is 626. The molecule has 0 bridgehead atoms. The molecule has 1 unspecified atom stereocenters. The van der Waals surface area contributed by atoms with Gasteiger partial charge >= 0.3 is 0 Å². The van der Waals surface area contributed by atoms with Crippen LogP contribution in [0.2, 0.25) is 5.02 Å². The Morgan fingerprint density at radius 2 is 1.79 bits per heavy atom. The van der Waals surface area contributed by atoms with E-state index in [1.54, 1.807) is 12.1 Å². The molecule has 19 heavy (non-hydrogen) atoms. The van der Waals surface area contributed by atoms with Gasteiger partial charge in [0, 0.05) is 10.0 Å². The Kier molecular flexibility index (Phi) is 4.54. The third kappa shape index (κ3) is 2.96. The fraction of sp³-hybridized carbons (Fsp3) is 0.200. The number of hydrogen-bond acceptors (Lipinski definition) is 0. The topological polar surface area (TPSA) is 0 Å². The molecule has 0 spiro atoms. The summed E-state index contributed by atoms with van der Waals surface area (Å²) in [6.45, 7) is 3.93. The Morgan fingerprint density at radius 3 is 2.47 bits per heavy atom. The van der Waals surface area contributed by atoms with Gasteiger partial charge in [-0.1, -0.05) is 45.7 Å². The van der Waals surface area contributed by atoms with Crippen molar-refractivity contribution >= 4 is 39.1 Å². The summed E-state index contributed by atoms with van der Waals surface area (Å²) in [5, 5.41) is -0.458. The number of halogens is 4. The van der Waals surface area contributed by atoms with Gasteiger partial charge in [0.25, 0.3) is 0 Å². The molecule has 0 aromatic heterocycles. The van der Waals surface area contributed by atoms with Crippen LogP contribution in [-0.2, 0) is 0 Å². The van der Waals surface area contributed by atoms with E-state index in [1.807, 2.05) is 26.0 Å². The normalized spacial score (nSPS) is 12.5. The second-order valence-electron chi connectivity index (χ2n) is 4.46. The minimum Gasteiger partial charge on any atom is -0.205 e. The van der Waals surface area contributed by atoms with E-state index in [0.29, 0.717) is 5.56 Å². The number of rotatable bonds is 2. The van der Waals surface area contributed by atoms with Crippen LogP contribution >= 0.6 is 39.1 Å². The van der Waals surface area contributed by atoms with Crippen LogP contribution in [0.15, 0.2) is 34.8 Å². The van der Waals surface area contributed by atoms with Crippen LogP contribution in [0.3, 0.4) is 0 Å². The molecule has 0 aliphatic heterocycles. The highest BCUT2D eigenvalue weighted by molar-refractivity contribution is 9.10. The maximum absolute atomic E-state index is 14.0. The predicted molar refractivity (Wildman–Crippen MR) is 82.7 cm³/mol. The first-order valence-electron chi connectivity index (χ1n) is 5.76. The molecule has 0 aliphatic rings. The lowest BCUT2D eigenvalue weighted by atomic mass is 9.98. The third-order valence-corrected chi connectivity index (χ3v) is 4.69. The monoisotopic (exact) mass is 360 g/mol. The molecule has 0 fully saturated rings. The summed E-state index contributed by atoms with van der Waals surface area (Å²) in [6.07, 6.45) is 0. The number of alkyl halides is 1. The van der Waals surface area contributed by atoms with E-state index in [-0.39, 0.29) is 5.02 Å². The van der Waals surface area contributed by atoms with E-state index in [4.69, 9.17) is 23.2 Å². The zero-order valence-corrected chi connectivity index (χ0v) is 13.6. The van der Waals surface area contributed by atoms with Gasteiger partial charge in [-0.2, -0.15) is 0 Å². The molecule has 100 valence electrons. The molecule has 1 atom stereocenters. The van der Waals surface area contributed by atoms with Crippen LogP contribution in [0.1, 0.15) is 27.6 Å². The van der Waals surface area contributed by atoms with Crippen LogP contribution in [-0.4, -0.2) is 0 Å². The zero-order chi connectivity index (χ0) is 14.2. The summed E-state index contributed by atoms with van der Waals surface area (Å²) >= 11 is 15.7. The molecule has 2 aromatic rings. The summed E-state index contributed by atoms with van der Waals surface area (Å²) < 4.78 is 15.0. The van der Waals surface area contributed by atoms with E-state index in [1.165, 1.54) is 6.07 Å². The van der Waals surface area contributed by atoms with E-state index < -0.39 is 11.2 Å². The van der Waals surface area contributed by atoms with Crippen molar-refractivity contribution in [2.24, 2.45) is 0 Å². The van der Waals surface area contributed by atoms with Crippen molar-refractivity contribution in [3.63, 3.8) is 0 Å². The van der Waals surface area contributed by atoms with Crippen molar-refractivity contribution in [3.05, 3.63) is 67.9 Å². The van der Waals surface area contributed by atoms with Crippen molar-refractivity contribution in [1.29, 1.82) is 0 Å². The van der Waals surface area contributed by atoms with E-state index in [2.05, 4.69) is 15.9 Å². The molecule has 0 N–H and O–H groups in total. The van der Waals surface area contributed by atoms with Gasteiger partial charge in [-0.05, 0) is 42.7 Å². The third-order valence-electron chi connectivity index (χ3n) is 3.07. The van der Waals surface area contributed by atoms with Crippen molar-refractivity contribution in [3.8, 4) is 0 Å². The van der Waals surface area contributed by atoms with Gasteiger partial charge in [-0.3, -0.25) is 0 Å². The smallest absolute Gasteiger partial charge is 0.146 e. The van der Waals surface area contributed by atoms with E-state index in [9.17, 15) is 4.39 Å². The lowest BCUT2D eigenvalue weighted by Gasteiger charge is -2.16. The summed E-state index contributed by atoms with van der Waals surface area (Å²) in [5.41, 5.74) is 3.37. The standard InChI is InChI=1S/C15H12BrCl2F/c1-8-7-12(16)9(2)6-11(8)14(18)10-4-3-5-13(17)15(10)19/h3-7,14H,1-2H3. The second-order valence-corrected chi connectivity index (χ2v) is 6.16. The minimum atomic E-state index is -0.550. The van der Waals surface area contributed by atoms with Gasteiger partial charge in [0.2, 0.25) is 0 Å². The minimum absolute atomic E-state index is 0.0923. The molecule has 0 heterocycles. The summed E-state index contributed by atoms with van der Waals surface area (Å²) in [6, 6.07) is 8.84. The average molecular weight is 362 g/mol. The highest BCUT2D eigenvalue weighted by atomic mass is 79.9. The SMILES string of the molecule is Cc1cc(C(Cl)c2cccc(Cl)c2F)c(C)cc1Br. The largest absolute Gasteiger partial charge is 0.205 e. The van der Waals surface area contributed by atoms with Gasteiger partial charge in [0.05, 0.1) is 10.4 Å². The van der Waals surface area contributed by atoms with Gasteiger partial charge in [-0.15, -0.1) is 11.6 Å². The van der Waals surface area contributed by atoms with Crippen LogP contribution in [0, 0.1) is 19.7 Å². The fourth-order valence-electron chi connectivity index (χ4n) is 1.96. The lowest BCUT2D eigenvalue weighted by molar-refractivity contribution is 0.612. The fourth-order valence-corrected chi connectivity index (χ4v) is 3.00. The first-order valence-corrected chi connectivity index (χ1v) is 7.37. The molecule has 0 aliphatic carbocycles. The Labute approximate surface area is 130 Å². The van der Waals surface area contributed by atoms with Crippen molar-refractivity contribution in [2.75, 3.05) is 0 Å². The summed E-state index contributed by atoms with van der Waals surface area (Å²) in [4.78, 5) is 0. The van der Waals surface area contributed by atoms with Crippen LogP contribution in [0.4, 0.5) is 4.39 Å². The average Bonchev–Trinajstić information content (AvgIpc) is 2.36. The quantitative estimate of drug-likeness (QED) is 0.559. The highest BCUT2D eigenvalue weighted by Crippen LogP contribution is 2.36. The molecular weight excluding hydrogens is 350 g/mol. The van der Waals surface area contributed by atoms with Crippen molar-refractivity contribution in [2.45, 2.75) is 19.2 Å². The number of aryl methyl sites for hydroxylation is 2. The first kappa shape index (κ1) is 14.8. The zero-order valence-electron chi connectivity index (χ0n) is 10.5. The van der Waals surface area contributed by atoms with Gasteiger partial charge in [0.15, 0.2) is 0 Å². The van der Waals surface area contributed by atoms with Crippen molar-refractivity contribution < 1.29 is 4.39 Å². The first-order chi connectivity index (χ1) is 8.91. The lowest BCUT2D eigenvalue weighted by Crippen LogP contribution is -2.01. The molecule has 0 saturated heterocycles. The summed E-state index contributed by atoms with van der Waals surface area (Å²) in [7, 11) is 0. The Morgan fingerprint density at radius 1 is 1.11 bits per heavy atom. The maximum Gasteiger partial charge on any atom is 0.146 e. The van der Waals surface area contributed by atoms with Gasteiger partial charge in [-0.25, -0.2) is 4.39 Å². The van der Waals surface area contributed by atoms with Crippen LogP contribution < -0.4 is 0 Å². The maximum atomic E-state index is 14.0. The molecular formula is C15H12BrCl2F. The molecule has 4 heteroatoms. The number of hydrogen-bond donors (Lipinski definition) is 0. The second kappa shape index (κ2) is 5.82. The van der Waals surface area contributed by atoms with Gasteiger partial charge < -0.3 is 0 Å². The molecule has 0 saturated carbocycles. The molecule has 0 radical (unpaired) electrons. The molecule has 0 amide bonds. The Balaban J connectivity index is 2.53. The van der Waals surface area contributed by atoms with E-state index in [0.717, 1.165) is 21.2 Å². The predicted octanol–water partition coefficient (Wildman–Crippen LogP) is 6.19.